The van der Waals surface area contributed by atoms with Crippen LogP contribution in [0.2, 0.25) is 5.02 Å². The molecule has 1 saturated heterocycles. The van der Waals surface area contributed by atoms with Crippen LogP contribution in [0.15, 0.2) is 24.3 Å². The Bertz CT molecular complexity index is 500. The van der Waals surface area contributed by atoms with Crippen LogP contribution >= 0.6 is 23.4 Å². The summed E-state index contributed by atoms with van der Waals surface area (Å²) in [4.78, 5) is 13.9. The molecule has 0 radical (unpaired) electrons. The largest absolute Gasteiger partial charge is 0.342 e. The van der Waals surface area contributed by atoms with Crippen LogP contribution in [0.25, 0.3) is 0 Å². The summed E-state index contributed by atoms with van der Waals surface area (Å²) in [5, 5.41) is 11.8. The second kappa shape index (κ2) is 7.53. The quantitative estimate of drug-likeness (QED) is 0.865. The average Bonchev–Trinajstić information content (AvgIpc) is 2.47. The Kier molecular flexibility index (Phi) is 5.72. The van der Waals surface area contributed by atoms with Gasteiger partial charge in [-0.2, -0.15) is 17.0 Å². The summed E-state index contributed by atoms with van der Waals surface area (Å²) < 4.78 is 0. The van der Waals surface area contributed by atoms with Crippen LogP contribution in [0.1, 0.15) is 11.6 Å². The number of hydrogen-bond acceptors (Lipinski definition) is 4. The molecule has 0 unspecified atom stereocenters. The molecule has 1 aliphatic heterocycles. The van der Waals surface area contributed by atoms with E-state index in [1.807, 2.05) is 42.1 Å². The molecule has 20 heavy (non-hydrogen) atoms. The minimum absolute atomic E-state index is 0.0625. The predicted molar refractivity (Wildman–Crippen MR) is 81.7 cm³/mol. The summed E-state index contributed by atoms with van der Waals surface area (Å²) in [6.07, 6.45) is 0. The van der Waals surface area contributed by atoms with Gasteiger partial charge >= 0.3 is 0 Å². The highest BCUT2D eigenvalue weighted by atomic mass is 35.5. The van der Waals surface area contributed by atoms with Crippen molar-refractivity contribution in [3.05, 3.63) is 34.9 Å². The van der Waals surface area contributed by atoms with Gasteiger partial charge in [0.05, 0.1) is 12.6 Å². The van der Waals surface area contributed by atoms with Crippen molar-refractivity contribution in [3.8, 4) is 6.07 Å². The smallest absolute Gasteiger partial charge is 0.235 e. The molecule has 0 aromatic heterocycles. The summed E-state index contributed by atoms with van der Waals surface area (Å²) in [5.41, 5.74) is 1.18. The van der Waals surface area contributed by atoms with E-state index in [-0.39, 0.29) is 18.5 Å². The molecular formula is C14H16ClN3OS. The third-order valence-corrected chi connectivity index (χ3v) is 4.48. The number of nitrogens with zero attached hydrogens (tertiary/aromatic N) is 2. The van der Waals surface area contributed by atoms with E-state index < -0.39 is 0 Å². The van der Waals surface area contributed by atoms with Crippen molar-refractivity contribution in [2.45, 2.75) is 6.04 Å². The average molecular weight is 310 g/mol. The molecule has 1 atom stereocenters. The van der Waals surface area contributed by atoms with Gasteiger partial charge in [-0.3, -0.25) is 9.69 Å². The summed E-state index contributed by atoms with van der Waals surface area (Å²) in [5.74, 6) is 1.89. The van der Waals surface area contributed by atoms with Crippen molar-refractivity contribution in [1.29, 1.82) is 5.26 Å². The number of thioether (sulfide) groups is 1. The number of carbonyl (C=O) groups excluding carboxylic acids is 1. The lowest BCUT2D eigenvalue weighted by Gasteiger charge is -2.35. The molecule has 0 aliphatic carbocycles. The lowest BCUT2D eigenvalue weighted by atomic mass is 10.1. The SMILES string of the molecule is N#CCNC(=O)CN1CCSC[C@H]1c1ccc(Cl)cc1. The Morgan fingerprint density at radius 1 is 1.50 bits per heavy atom. The van der Waals surface area contributed by atoms with Gasteiger partial charge < -0.3 is 5.32 Å². The molecule has 0 saturated carbocycles. The molecule has 1 heterocycles. The number of nitriles is 1. The third-order valence-electron chi connectivity index (χ3n) is 3.21. The highest BCUT2D eigenvalue weighted by Gasteiger charge is 2.25. The fraction of sp³-hybridized carbons (Fsp3) is 0.429. The molecule has 0 spiro atoms. The van der Waals surface area contributed by atoms with E-state index in [0.717, 1.165) is 23.1 Å². The maximum atomic E-state index is 11.8. The van der Waals surface area contributed by atoms with Gasteiger partial charge in [0.25, 0.3) is 0 Å². The molecule has 0 bridgehead atoms. The second-order valence-electron chi connectivity index (χ2n) is 4.55. The van der Waals surface area contributed by atoms with Crippen LogP contribution < -0.4 is 5.32 Å². The summed E-state index contributed by atoms with van der Waals surface area (Å²) in [7, 11) is 0. The Balaban J connectivity index is 2.03. The van der Waals surface area contributed by atoms with E-state index in [2.05, 4.69) is 10.2 Å². The second-order valence-corrected chi connectivity index (χ2v) is 6.13. The Morgan fingerprint density at radius 2 is 2.25 bits per heavy atom. The topological polar surface area (TPSA) is 56.1 Å². The first-order valence-corrected chi connectivity index (χ1v) is 7.95. The highest BCUT2D eigenvalue weighted by molar-refractivity contribution is 7.99. The maximum absolute atomic E-state index is 11.8. The van der Waals surface area contributed by atoms with Crippen LogP contribution in [0.5, 0.6) is 0 Å². The first-order valence-electron chi connectivity index (χ1n) is 6.41. The van der Waals surface area contributed by atoms with E-state index >= 15 is 0 Å². The standard InChI is InChI=1S/C14H16ClN3OS/c15-12-3-1-11(2-4-12)13-10-20-8-7-18(13)9-14(19)17-6-5-16/h1-4,13H,6-10H2,(H,17,19)/t13-/m0/s1. The van der Waals surface area contributed by atoms with Gasteiger partial charge in [0, 0.05) is 29.1 Å². The molecular weight excluding hydrogens is 294 g/mol. The van der Waals surface area contributed by atoms with Gasteiger partial charge in [-0.15, -0.1) is 0 Å². The van der Waals surface area contributed by atoms with E-state index in [4.69, 9.17) is 16.9 Å². The van der Waals surface area contributed by atoms with Crippen LogP contribution in [0.4, 0.5) is 0 Å². The van der Waals surface area contributed by atoms with Crippen molar-refractivity contribution in [2.75, 3.05) is 31.1 Å². The number of carbonyl (C=O) groups is 1. The van der Waals surface area contributed by atoms with Crippen molar-refractivity contribution in [3.63, 3.8) is 0 Å². The van der Waals surface area contributed by atoms with Gasteiger partial charge in [-0.1, -0.05) is 23.7 Å². The van der Waals surface area contributed by atoms with Crippen LogP contribution in [-0.2, 0) is 4.79 Å². The monoisotopic (exact) mass is 309 g/mol. The minimum Gasteiger partial charge on any atom is -0.342 e. The van der Waals surface area contributed by atoms with E-state index in [9.17, 15) is 4.79 Å². The maximum Gasteiger partial charge on any atom is 0.235 e. The van der Waals surface area contributed by atoms with E-state index in [0.29, 0.717) is 6.54 Å². The number of nitrogens with one attached hydrogen (secondary N) is 1. The van der Waals surface area contributed by atoms with Gasteiger partial charge in [-0.25, -0.2) is 0 Å². The summed E-state index contributed by atoms with van der Waals surface area (Å²) in [6, 6.07) is 9.92. The Morgan fingerprint density at radius 3 is 2.95 bits per heavy atom. The van der Waals surface area contributed by atoms with Crippen LogP contribution in [-0.4, -0.2) is 41.9 Å². The molecule has 106 valence electrons. The van der Waals surface area contributed by atoms with E-state index in [1.54, 1.807) is 0 Å². The Hall–Kier alpha value is -1.22. The zero-order valence-corrected chi connectivity index (χ0v) is 12.6. The van der Waals surface area contributed by atoms with Crippen molar-refractivity contribution < 1.29 is 4.79 Å². The van der Waals surface area contributed by atoms with Gasteiger partial charge in [0.15, 0.2) is 0 Å². The molecule has 1 aromatic carbocycles. The van der Waals surface area contributed by atoms with Gasteiger partial charge in [0.1, 0.15) is 6.54 Å². The van der Waals surface area contributed by atoms with Gasteiger partial charge in [0.2, 0.25) is 5.91 Å². The lowest BCUT2D eigenvalue weighted by molar-refractivity contribution is -0.122. The van der Waals surface area contributed by atoms with Crippen LogP contribution in [0, 0.1) is 11.3 Å². The normalized spacial score (nSPS) is 19.3. The van der Waals surface area contributed by atoms with Crippen molar-refractivity contribution in [1.82, 2.24) is 10.2 Å². The predicted octanol–water partition coefficient (Wildman–Crippen LogP) is 2.07. The number of benzene rings is 1. The molecule has 1 N–H and O–H groups in total. The first kappa shape index (κ1) is 15.2. The number of halogens is 1. The van der Waals surface area contributed by atoms with Gasteiger partial charge in [-0.05, 0) is 17.7 Å². The molecule has 1 aromatic rings. The Labute approximate surface area is 128 Å². The van der Waals surface area contributed by atoms with Crippen molar-refractivity contribution in [2.24, 2.45) is 0 Å². The number of amides is 1. The van der Waals surface area contributed by atoms with Crippen molar-refractivity contribution >= 4 is 29.3 Å². The molecule has 1 fully saturated rings. The number of rotatable bonds is 4. The molecule has 2 rings (SSSR count). The third kappa shape index (κ3) is 4.14. The highest BCUT2D eigenvalue weighted by Crippen LogP contribution is 2.29. The summed E-state index contributed by atoms with van der Waals surface area (Å²) in [6.45, 7) is 1.26. The molecule has 1 aliphatic rings. The van der Waals surface area contributed by atoms with Crippen LogP contribution in [0.3, 0.4) is 0 Å². The first-order chi connectivity index (χ1) is 9.70. The molecule has 6 heteroatoms. The summed E-state index contributed by atoms with van der Waals surface area (Å²) >= 11 is 7.81. The minimum atomic E-state index is -0.0996. The molecule has 4 nitrogen and oxygen atoms in total. The lowest BCUT2D eigenvalue weighted by Crippen LogP contribution is -2.43. The van der Waals surface area contributed by atoms with E-state index in [1.165, 1.54) is 5.56 Å². The number of hydrogen-bond donors (Lipinski definition) is 1. The fourth-order valence-electron chi connectivity index (χ4n) is 2.20. The zero-order valence-electron chi connectivity index (χ0n) is 11.0. The molecule has 1 amide bonds. The fourth-order valence-corrected chi connectivity index (χ4v) is 3.48. The zero-order chi connectivity index (χ0) is 14.4.